The smallest absolute Gasteiger partial charge is 0.0877 e. The quantitative estimate of drug-likeness (QED) is 0.360. The molecular formula is C6H12O3S. The first kappa shape index (κ1) is 9.97. The largest absolute Gasteiger partial charge is 0.206 e. The van der Waals surface area contributed by atoms with E-state index in [0.717, 1.165) is 12.2 Å². The van der Waals surface area contributed by atoms with E-state index in [1.807, 2.05) is 0 Å². The highest BCUT2D eigenvalue weighted by molar-refractivity contribution is 7.80. The highest BCUT2D eigenvalue weighted by atomic mass is 32.1. The Balaban J connectivity index is 0.000000180. The summed E-state index contributed by atoms with van der Waals surface area (Å²) < 4.78 is 0. The molecule has 1 saturated heterocycles. The van der Waals surface area contributed by atoms with Crippen LogP contribution in [0.3, 0.4) is 0 Å². The Morgan fingerprint density at radius 2 is 1.90 bits per heavy atom. The molecule has 0 unspecified atom stereocenters. The summed E-state index contributed by atoms with van der Waals surface area (Å²) >= 11 is 3.80. The van der Waals surface area contributed by atoms with Crippen LogP contribution >= 0.6 is 12.6 Å². The van der Waals surface area contributed by atoms with Crippen LogP contribution in [0, 0.1) is 0 Å². The lowest BCUT2D eigenvalue weighted by Crippen LogP contribution is -2.08. The number of rotatable bonds is 1. The van der Waals surface area contributed by atoms with E-state index in [0.29, 0.717) is 13.2 Å². The van der Waals surface area contributed by atoms with Gasteiger partial charge < -0.3 is 0 Å². The van der Waals surface area contributed by atoms with Crippen molar-refractivity contribution in [3.05, 3.63) is 12.7 Å². The molecule has 1 aliphatic heterocycles. The Hall–Kier alpha value is -0.0300. The van der Waals surface area contributed by atoms with Crippen molar-refractivity contribution in [2.24, 2.45) is 0 Å². The lowest BCUT2D eigenvalue weighted by molar-refractivity contribution is -0.532. The molecule has 1 aliphatic rings. The Morgan fingerprint density at radius 1 is 1.40 bits per heavy atom. The van der Waals surface area contributed by atoms with Crippen LogP contribution in [0.1, 0.15) is 6.42 Å². The molecule has 1 heterocycles. The minimum atomic E-state index is 0.653. The summed E-state index contributed by atoms with van der Waals surface area (Å²) in [6.07, 6.45) is 2.67. The van der Waals surface area contributed by atoms with Gasteiger partial charge in [-0.2, -0.15) is 12.6 Å². The average molecular weight is 164 g/mol. The van der Waals surface area contributed by atoms with Crippen molar-refractivity contribution in [2.75, 3.05) is 19.0 Å². The molecule has 0 aromatic heterocycles. The summed E-state index contributed by atoms with van der Waals surface area (Å²) in [7, 11) is 0. The second kappa shape index (κ2) is 8.97. The molecule has 10 heavy (non-hydrogen) atoms. The number of hydrogen-bond acceptors (Lipinski definition) is 4. The standard InChI is InChI=1S/C3H6O3.C3H6S/c1-2-4-6-5-3-1;1-2-3-4/h1-3H2;2,4H,1,3H2. The summed E-state index contributed by atoms with van der Waals surface area (Å²) in [5, 5.41) is 4.07. The van der Waals surface area contributed by atoms with Gasteiger partial charge in [0.2, 0.25) is 0 Å². The molecule has 4 heteroatoms. The SMILES string of the molecule is C1COOOC1.C=CCS. The molecule has 1 fully saturated rings. The van der Waals surface area contributed by atoms with Crippen LogP contribution in [0.25, 0.3) is 0 Å². The number of thiol groups is 1. The second-order valence-electron chi connectivity index (χ2n) is 1.54. The van der Waals surface area contributed by atoms with Gasteiger partial charge in [0, 0.05) is 12.2 Å². The summed E-state index contributed by atoms with van der Waals surface area (Å²) in [4.78, 5) is 8.69. The van der Waals surface area contributed by atoms with Gasteiger partial charge in [-0.3, -0.25) is 0 Å². The van der Waals surface area contributed by atoms with E-state index in [-0.39, 0.29) is 0 Å². The average Bonchev–Trinajstić information content (AvgIpc) is 2.08. The Morgan fingerprint density at radius 3 is 2.00 bits per heavy atom. The molecule has 0 aliphatic carbocycles. The van der Waals surface area contributed by atoms with Gasteiger partial charge in [0.05, 0.1) is 13.2 Å². The zero-order chi connectivity index (χ0) is 7.66. The third-order valence-corrected chi connectivity index (χ3v) is 0.939. The minimum Gasteiger partial charge on any atom is -0.206 e. The van der Waals surface area contributed by atoms with Gasteiger partial charge >= 0.3 is 0 Å². The van der Waals surface area contributed by atoms with Crippen LogP contribution in [-0.4, -0.2) is 19.0 Å². The Kier molecular flexibility index (Phi) is 8.94. The van der Waals surface area contributed by atoms with Crippen molar-refractivity contribution < 1.29 is 14.8 Å². The molecule has 0 saturated carbocycles. The van der Waals surface area contributed by atoms with E-state index in [1.54, 1.807) is 6.08 Å². The first-order chi connectivity index (χ1) is 4.91. The topological polar surface area (TPSA) is 27.7 Å². The van der Waals surface area contributed by atoms with Gasteiger partial charge in [-0.1, -0.05) is 11.1 Å². The van der Waals surface area contributed by atoms with Crippen LogP contribution in [0.2, 0.25) is 0 Å². The van der Waals surface area contributed by atoms with Gasteiger partial charge in [0.25, 0.3) is 0 Å². The van der Waals surface area contributed by atoms with Gasteiger partial charge in [0.1, 0.15) is 0 Å². The third kappa shape index (κ3) is 7.97. The zero-order valence-corrected chi connectivity index (χ0v) is 6.68. The molecule has 0 aromatic rings. The van der Waals surface area contributed by atoms with Crippen molar-refractivity contribution in [1.82, 2.24) is 0 Å². The van der Waals surface area contributed by atoms with E-state index in [2.05, 4.69) is 34.0 Å². The van der Waals surface area contributed by atoms with Crippen LogP contribution in [0.5, 0.6) is 0 Å². The molecule has 0 spiro atoms. The molecule has 0 radical (unpaired) electrons. The molecule has 0 N–H and O–H groups in total. The molecule has 0 aromatic carbocycles. The monoisotopic (exact) mass is 164 g/mol. The molecular weight excluding hydrogens is 152 g/mol. The zero-order valence-electron chi connectivity index (χ0n) is 5.78. The first-order valence-corrected chi connectivity index (χ1v) is 3.68. The Labute approximate surface area is 66.2 Å². The van der Waals surface area contributed by atoms with Crippen LogP contribution < -0.4 is 0 Å². The molecule has 1 rings (SSSR count). The van der Waals surface area contributed by atoms with Crippen molar-refractivity contribution in [3.8, 4) is 0 Å². The van der Waals surface area contributed by atoms with Crippen LogP contribution in [0.4, 0.5) is 0 Å². The Bertz CT molecular complexity index is 61.9. The van der Waals surface area contributed by atoms with Crippen molar-refractivity contribution in [3.63, 3.8) is 0 Å². The fourth-order valence-corrected chi connectivity index (χ4v) is 0.279. The fraction of sp³-hybridized carbons (Fsp3) is 0.667. The lowest BCUT2D eigenvalue weighted by atomic mass is 10.5. The summed E-state index contributed by atoms with van der Waals surface area (Å²) in [5.41, 5.74) is 0. The highest BCUT2D eigenvalue weighted by Gasteiger charge is 1.96. The third-order valence-electron chi connectivity index (χ3n) is 0.681. The molecule has 0 amide bonds. The summed E-state index contributed by atoms with van der Waals surface area (Å²) in [5.74, 6) is 0.778. The normalized spacial score (nSPS) is 16.9. The molecule has 0 bridgehead atoms. The minimum absolute atomic E-state index is 0.653. The molecule has 60 valence electrons. The van der Waals surface area contributed by atoms with E-state index in [4.69, 9.17) is 0 Å². The summed E-state index contributed by atoms with van der Waals surface area (Å²) in [6.45, 7) is 4.71. The predicted octanol–water partition coefficient (Wildman–Crippen LogP) is 1.37. The summed E-state index contributed by atoms with van der Waals surface area (Å²) in [6, 6.07) is 0. The van der Waals surface area contributed by atoms with E-state index in [1.165, 1.54) is 0 Å². The van der Waals surface area contributed by atoms with Gasteiger partial charge in [-0.05, 0) is 0 Å². The predicted molar refractivity (Wildman–Crippen MR) is 41.7 cm³/mol. The van der Waals surface area contributed by atoms with Crippen molar-refractivity contribution >= 4 is 12.6 Å². The maximum Gasteiger partial charge on any atom is 0.0877 e. The van der Waals surface area contributed by atoms with E-state index >= 15 is 0 Å². The van der Waals surface area contributed by atoms with Crippen molar-refractivity contribution in [1.29, 1.82) is 0 Å². The lowest BCUT2D eigenvalue weighted by Gasteiger charge is -2.06. The van der Waals surface area contributed by atoms with E-state index in [9.17, 15) is 0 Å². The fourth-order valence-electron chi connectivity index (χ4n) is 0.279. The molecule has 0 atom stereocenters. The van der Waals surface area contributed by atoms with Gasteiger partial charge in [0.15, 0.2) is 0 Å². The van der Waals surface area contributed by atoms with Crippen LogP contribution in [0.15, 0.2) is 12.7 Å². The first-order valence-electron chi connectivity index (χ1n) is 3.04. The van der Waals surface area contributed by atoms with Gasteiger partial charge in [-0.25, -0.2) is 9.78 Å². The van der Waals surface area contributed by atoms with Crippen LogP contribution in [-0.2, 0) is 14.8 Å². The highest BCUT2D eigenvalue weighted by Crippen LogP contribution is 1.93. The van der Waals surface area contributed by atoms with Crippen molar-refractivity contribution in [2.45, 2.75) is 6.42 Å². The second-order valence-corrected chi connectivity index (χ2v) is 1.90. The van der Waals surface area contributed by atoms with Gasteiger partial charge in [-0.15, -0.1) is 6.58 Å². The number of hydrogen-bond donors (Lipinski definition) is 1. The van der Waals surface area contributed by atoms with E-state index < -0.39 is 0 Å². The maximum atomic E-state index is 4.35. The maximum absolute atomic E-state index is 4.35. The molecule has 3 nitrogen and oxygen atoms in total.